The van der Waals surface area contributed by atoms with E-state index in [1.165, 1.54) is 11.3 Å². The van der Waals surface area contributed by atoms with Crippen LogP contribution in [0, 0.1) is 17.0 Å². The molecule has 0 bridgehead atoms. The quantitative estimate of drug-likeness (QED) is 0.470. The zero-order valence-electron chi connectivity index (χ0n) is 8.18. The van der Waals surface area contributed by atoms with Gasteiger partial charge in [-0.05, 0) is 30.0 Å². The smallest absolute Gasteiger partial charge is 0.258 e. The maximum Gasteiger partial charge on any atom is 0.313 e. The number of aryl methyl sites for hydroxylation is 1. The van der Waals surface area contributed by atoms with Crippen LogP contribution in [0.3, 0.4) is 0 Å². The Morgan fingerprint density at radius 1 is 1.56 bits per heavy atom. The van der Waals surface area contributed by atoms with Crippen LogP contribution in [-0.4, -0.2) is 14.9 Å². The zero-order chi connectivity index (χ0) is 11.7. The van der Waals surface area contributed by atoms with Gasteiger partial charge < -0.3 is 0 Å². The summed E-state index contributed by atoms with van der Waals surface area (Å²) in [5.41, 5.74) is 0.857. The molecule has 2 aromatic rings. The van der Waals surface area contributed by atoms with Gasteiger partial charge in [0.2, 0.25) is 5.28 Å². The molecule has 2 heterocycles. The van der Waals surface area contributed by atoms with Crippen LogP contribution in [0.15, 0.2) is 17.6 Å². The molecule has 2 aromatic heterocycles. The first kappa shape index (κ1) is 11.0. The van der Waals surface area contributed by atoms with Crippen LogP contribution in [-0.2, 0) is 0 Å². The molecule has 0 spiro atoms. The van der Waals surface area contributed by atoms with E-state index in [1.807, 2.05) is 12.3 Å². The summed E-state index contributed by atoms with van der Waals surface area (Å²) in [4.78, 5) is 18.8. The molecular formula is C9H6ClN3O2S. The Hall–Kier alpha value is -1.53. The fraction of sp³-hybridized carbons (Fsp3) is 0.111. The van der Waals surface area contributed by atoms with Gasteiger partial charge in [0.15, 0.2) is 5.69 Å². The molecule has 0 unspecified atom stereocenters. The number of halogens is 1. The molecule has 7 heteroatoms. The number of hydrogen-bond donors (Lipinski definition) is 0. The monoisotopic (exact) mass is 255 g/mol. The van der Waals surface area contributed by atoms with E-state index in [0.29, 0.717) is 0 Å². The molecule has 0 atom stereocenters. The molecule has 0 radical (unpaired) electrons. The standard InChI is InChI=1S/C9H6ClN3O2S/c1-5-6(2-3-16-5)8-7(13(14)15)4-11-9(10)12-8/h2-4H,1H3. The summed E-state index contributed by atoms with van der Waals surface area (Å²) in [7, 11) is 0. The highest BCUT2D eigenvalue weighted by Gasteiger charge is 2.20. The summed E-state index contributed by atoms with van der Waals surface area (Å²) < 4.78 is 0. The Morgan fingerprint density at radius 3 is 2.88 bits per heavy atom. The Balaban J connectivity index is 2.67. The summed E-state index contributed by atoms with van der Waals surface area (Å²) in [5.74, 6) is 0. The fourth-order valence-electron chi connectivity index (χ4n) is 1.32. The lowest BCUT2D eigenvalue weighted by Crippen LogP contribution is -1.96. The Labute approximate surface area is 99.9 Å². The predicted octanol–water partition coefficient (Wildman–Crippen LogP) is 3.08. The summed E-state index contributed by atoms with van der Waals surface area (Å²) in [6.45, 7) is 1.87. The molecule has 0 aromatic carbocycles. The first-order chi connectivity index (χ1) is 7.59. The summed E-state index contributed by atoms with van der Waals surface area (Å²) in [6, 6.07) is 1.78. The van der Waals surface area contributed by atoms with Crippen LogP contribution in [0.1, 0.15) is 4.88 Å². The van der Waals surface area contributed by atoms with Crippen molar-refractivity contribution in [1.82, 2.24) is 9.97 Å². The van der Waals surface area contributed by atoms with Gasteiger partial charge in [-0.25, -0.2) is 9.97 Å². The third kappa shape index (κ3) is 1.89. The predicted molar refractivity (Wildman–Crippen MR) is 61.7 cm³/mol. The number of aromatic nitrogens is 2. The number of nitro groups is 1. The Morgan fingerprint density at radius 2 is 2.31 bits per heavy atom. The Bertz CT molecular complexity index is 555. The molecule has 0 saturated heterocycles. The Kier molecular flexibility index (Phi) is 2.84. The van der Waals surface area contributed by atoms with Crippen molar-refractivity contribution in [2.24, 2.45) is 0 Å². The van der Waals surface area contributed by atoms with E-state index in [0.717, 1.165) is 16.6 Å². The molecule has 82 valence electrons. The van der Waals surface area contributed by atoms with Gasteiger partial charge >= 0.3 is 5.69 Å². The molecule has 0 saturated carbocycles. The van der Waals surface area contributed by atoms with Crippen LogP contribution in [0.4, 0.5) is 5.69 Å². The van der Waals surface area contributed by atoms with Crippen LogP contribution < -0.4 is 0 Å². The topological polar surface area (TPSA) is 68.9 Å². The van der Waals surface area contributed by atoms with Crippen molar-refractivity contribution < 1.29 is 4.92 Å². The zero-order valence-corrected chi connectivity index (χ0v) is 9.75. The number of rotatable bonds is 2. The molecule has 2 rings (SSSR count). The van der Waals surface area contributed by atoms with Gasteiger partial charge in [-0.1, -0.05) is 0 Å². The molecule has 0 amide bonds. The van der Waals surface area contributed by atoms with Crippen molar-refractivity contribution >= 4 is 28.6 Å². The highest BCUT2D eigenvalue weighted by molar-refractivity contribution is 7.10. The minimum absolute atomic E-state index is 0.00574. The lowest BCUT2D eigenvalue weighted by Gasteiger charge is -2.01. The van der Waals surface area contributed by atoms with Gasteiger partial charge in [0.05, 0.1) is 4.92 Å². The van der Waals surface area contributed by atoms with Crippen molar-refractivity contribution in [3.05, 3.63) is 37.9 Å². The maximum atomic E-state index is 10.8. The first-order valence-electron chi connectivity index (χ1n) is 4.31. The van der Waals surface area contributed by atoms with Crippen molar-refractivity contribution in [3.63, 3.8) is 0 Å². The van der Waals surface area contributed by atoms with Crippen LogP contribution in [0.25, 0.3) is 11.3 Å². The maximum absolute atomic E-state index is 10.8. The fourth-order valence-corrected chi connectivity index (χ4v) is 2.15. The molecule has 0 aliphatic carbocycles. The van der Waals surface area contributed by atoms with Crippen LogP contribution >= 0.6 is 22.9 Å². The van der Waals surface area contributed by atoms with Crippen LogP contribution in [0.2, 0.25) is 5.28 Å². The average Bonchev–Trinajstić information content (AvgIpc) is 2.63. The second-order valence-electron chi connectivity index (χ2n) is 3.02. The molecule has 0 aliphatic heterocycles. The van der Waals surface area contributed by atoms with Gasteiger partial charge in [-0.15, -0.1) is 11.3 Å². The van der Waals surface area contributed by atoms with Gasteiger partial charge in [0.1, 0.15) is 6.20 Å². The minimum atomic E-state index is -0.511. The molecular weight excluding hydrogens is 250 g/mol. The van der Waals surface area contributed by atoms with E-state index in [9.17, 15) is 10.1 Å². The first-order valence-corrected chi connectivity index (χ1v) is 5.56. The second-order valence-corrected chi connectivity index (χ2v) is 4.48. The highest BCUT2D eigenvalue weighted by atomic mass is 35.5. The van der Waals surface area contributed by atoms with Gasteiger partial charge in [-0.3, -0.25) is 10.1 Å². The summed E-state index contributed by atoms with van der Waals surface area (Å²) in [5, 5.41) is 12.7. The summed E-state index contributed by atoms with van der Waals surface area (Å²) >= 11 is 7.15. The van der Waals surface area contributed by atoms with Crippen molar-refractivity contribution in [3.8, 4) is 11.3 Å². The molecule has 0 aliphatic rings. The summed E-state index contributed by atoms with van der Waals surface area (Å²) in [6.07, 6.45) is 1.13. The largest absolute Gasteiger partial charge is 0.313 e. The van der Waals surface area contributed by atoms with Gasteiger partial charge in [0, 0.05) is 10.4 Å². The lowest BCUT2D eigenvalue weighted by molar-refractivity contribution is -0.384. The van der Waals surface area contributed by atoms with Crippen molar-refractivity contribution in [1.29, 1.82) is 0 Å². The molecule has 0 N–H and O–H groups in total. The second kappa shape index (κ2) is 4.15. The van der Waals surface area contributed by atoms with E-state index < -0.39 is 4.92 Å². The van der Waals surface area contributed by atoms with E-state index in [4.69, 9.17) is 11.6 Å². The molecule has 5 nitrogen and oxygen atoms in total. The third-order valence-electron chi connectivity index (χ3n) is 2.05. The third-order valence-corrected chi connectivity index (χ3v) is 3.08. The van der Waals surface area contributed by atoms with Gasteiger partial charge in [0.25, 0.3) is 0 Å². The normalized spacial score (nSPS) is 10.4. The number of nitrogens with zero attached hydrogens (tertiary/aromatic N) is 3. The van der Waals surface area contributed by atoms with Crippen molar-refractivity contribution in [2.75, 3.05) is 0 Å². The van der Waals surface area contributed by atoms with E-state index in [1.54, 1.807) is 6.07 Å². The minimum Gasteiger partial charge on any atom is -0.258 e. The van der Waals surface area contributed by atoms with Gasteiger partial charge in [-0.2, -0.15) is 0 Å². The average molecular weight is 256 g/mol. The van der Waals surface area contributed by atoms with E-state index in [-0.39, 0.29) is 16.7 Å². The molecule has 0 fully saturated rings. The molecule has 16 heavy (non-hydrogen) atoms. The highest BCUT2D eigenvalue weighted by Crippen LogP contribution is 2.32. The lowest BCUT2D eigenvalue weighted by atomic mass is 10.1. The van der Waals surface area contributed by atoms with E-state index >= 15 is 0 Å². The van der Waals surface area contributed by atoms with E-state index in [2.05, 4.69) is 9.97 Å². The SMILES string of the molecule is Cc1sccc1-c1nc(Cl)ncc1[N+](=O)[O-]. The number of hydrogen-bond acceptors (Lipinski definition) is 5. The number of thiophene rings is 1. The van der Waals surface area contributed by atoms with Crippen molar-refractivity contribution in [2.45, 2.75) is 6.92 Å². The van der Waals surface area contributed by atoms with Crippen LogP contribution in [0.5, 0.6) is 0 Å².